The van der Waals surface area contributed by atoms with E-state index in [4.69, 9.17) is 4.74 Å². The van der Waals surface area contributed by atoms with Gasteiger partial charge in [0.1, 0.15) is 11.8 Å². The van der Waals surface area contributed by atoms with Crippen LogP contribution < -0.4 is 10.1 Å². The van der Waals surface area contributed by atoms with Crippen molar-refractivity contribution in [2.45, 2.75) is 58.9 Å². The summed E-state index contributed by atoms with van der Waals surface area (Å²) in [7, 11) is 0. The molecule has 0 bridgehead atoms. The van der Waals surface area contributed by atoms with Crippen molar-refractivity contribution in [2.24, 2.45) is 5.92 Å². The van der Waals surface area contributed by atoms with Crippen molar-refractivity contribution in [3.05, 3.63) is 29.8 Å². The molecule has 0 aliphatic carbocycles. The molecule has 4 nitrogen and oxygen atoms in total. The largest absolute Gasteiger partial charge is 0.494 e. The zero-order valence-electron chi connectivity index (χ0n) is 15.1. The van der Waals surface area contributed by atoms with Crippen molar-refractivity contribution in [1.29, 1.82) is 0 Å². The third-order valence-corrected chi connectivity index (χ3v) is 4.15. The van der Waals surface area contributed by atoms with Crippen molar-refractivity contribution in [2.75, 3.05) is 13.2 Å². The van der Waals surface area contributed by atoms with E-state index in [0.29, 0.717) is 13.2 Å². The Morgan fingerprint density at radius 2 is 1.87 bits per heavy atom. The quantitative estimate of drug-likeness (QED) is 0.678. The zero-order valence-corrected chi connectivity index (χ0v) is 15.1. The van der Waals surface area contributed by atoms with Crippen LogP contribution in [0.5, 0.6) is 5.75 Å². The molecule has 0 aliphatic heterocycles. The van der Waals surface area contributed by atoms with Crippen LogP contribution in [0.3, 0.4) is 0 Å². The average Bonchev–Trinajstić information content (AvgIpc) is 2.49. The second-order valence-corrected chi connectivity index (χ2v) is 7.13. The molecule has 23 heavy (non-hydrogen) atoms. The molecule has 0 unspecified atom stereocenters. The van der Waals surface area contributed by atoms with E-state index in [1.165, 1.54) is 5.56 Å². The molecule has 1 aromatic rings. The number of benzene rings is 1. The van der Waals surface area contributed by atoms with Gasteiger partial charge in [-0.1, -0.05) is 53.2 Å². The first-order valence-electron chi connectivity index (χ1n) is 8.45. The molecule has 2 N–H and O–H groups in total. The number of carboxylic acids is 1. The summed E-state index contributed by atoms with van der Waals surface area (Å²) < 4.78 is 5.72. The maximum Gasteiger partial charge on any atom is 0.320 e. The van der Waals surface area contributed by atoms with Crippen LogP contribution in [0.25, 0.3) is 0 Å². The van der Waals surface area contributed by atoms with Crippen molar-refractivity contribution < 1.29 is 14.6 Å². The zero-order chi connectivity index (χ0) is 17.5. The van der Waals surface area contributed by atoms with Gasteiger partial charge in [0.25, 0.3) is 0 Å². The van der Waals surface area contributed by atoms with E-state index in [9.17, 15) is 9.90 Å². The van der Waals surface area contributed by atoms with E-state index < -0.39 is 12.0 Å². The van der Waals surface area contributed by atoms with Crippen molar-refractivity contribution >= 4 is 5.97 Å². The fourth-order valence-electron chi connectivity index (χ4n) is 2.34. The fraction of sp³-hybridized carbons (Fsp3) is 0.632. The maximum atomic E-state index is 11.2. The minimum Gasteiger partial charge on any atom is -0.494 e. The van der Waals surface area contributed by atoms with Gasteiger partial charge in [-0.2, -0.15) is 0 Å². The van der Waals surface area contributed by atoms with Crippen LogP contribution in [-0.4, -0.2) is 30.3 Å². The average molecular weight is 321 g/mol. The Morgan fingerprint density at radius 1 is 1.26 bits per heavy atom. The number of carbonyl (C=O) groups is 1. The van der Waals surface area contributed by atoms with Gasteiger partial charge in [0.05, 0.1) is 6.61 Å². The molecule has 2 atom stereocenters. The van der Waals surface area contributed by atoms with Crippen LogP contribution in [0.4, 0.5) is 0 Å². The van der Waals surface area contributed by atoms with Gasteiger partial charge in [0, 0.05) is 0 Å². The summed E-state index contributed by atoms with van der Waals surface area (Å²) in [6.45, 7) is 11.7. The molecule has 1 rings (SSSR count). The number of nitrogens with one attached hydrogen (secondary N) is 1. The van der Waals surface area contributed by atoms with Crippen LogP contribution in [0.2, 0.25) is 0 Å². The molecule has 0 saturated carbocycles. The Balaban J connectivity index is 2.33. The van der Waals surface area contributed by atoms with Gasteiger partial charge in [-0.05, 0) is 42.0 Å². The highest BCUT2D eigenvalue weighted by Crippen LogP contribution is 2.24. The number of carboxylic acid groups (broad SMARTS) is 1. The molecule has 0 fully saturated rings. The summed E-state index contributed by atoms with van der Waals surface area (Å²) in [6, 6.07) is 7.69. The third-order valence-electron chi connectivity index (χ3n) is 4.15. The lowest BCUT2D eigenvalue weighted by Crippen LogP contribution is -2.42. The predicted octanol–water partition coefficient (Wildman–Crippen LogP) is 3.84. The van der Waals surface area contributed by atoms with Gasteiger partial charge >= 0.3 is 5.97 Å². The van der Waals surface area contributed by atoms with E-state index >= 15 is 0 Å². The van der Waals surface area contributed by atoms with Crippen LogP contribution in [-0.2, 0) is 10.2 Å². The second kappa shape index (κ2) is 8.92. The minimum atomic E-state index is -0.780. The van der Waals surface area contributed by atoms with Gasteiger partial charge < -0.3 is 15.2 Å². The summed E-state index contributed by atoms with van der Waals surface area (Å²) in [5, 5.41) is 12.3. The van der Waals surface area contributed by atoms with Gasteiger partial charge in [-0.25, -0.2) is 0 Å². The molecular weight excluding hydrogens is 290 g/mol. The molecule has 0 saturated heterocycles. The maximum absolute atomic E-state index is 11.2. The summed E-state index contributed by atoms with van der Waals surface area (Å²) >= 11 is 0. The molecule has 0 aliphatic rings. The molecule has 0 heterocycles. The highest BCUT2D eigenvalue weighted by atomic mass is 16.5. The lowest BCUT2D eigenvalue weighted by atomic mass is 9.87. The van der Waals surface area contributed by atoms with Crippen LogP contribution in [0.1, 0.15) is 53.0 Å². The number of aliphatic carboxylic acids is 1. The number of rotatable bonds is 9. The first-order chi connectivity index (χ1) is 10.8. The standard InChI is InChI=1S/C19H31NO3/c1-6-14(2)17(18(21)22)20-12-7-13-23-16-10-8-15(9-11-16)19(3,4)5/h8-11,14,17,20H,6-7,12-13H2,1-5H3,(H,21,22)/t14-,17-/m0/s1. The Labute approximate surface area is 140 Å². The Hall–Kier alpha value is -1.55. The van der Waals surface area contributed by atoms with E-state index in [1.54, 1.807) is 0 Å². The summed E-state index contributed by atoms with van der Waals surface area (Å²) in [5.74, 6) is 0.200. The van der Waals surface area contributed by atoms with Crippen molar-refractivity contribution in [1.82, 2.24) is 5.32 Å². The monoisotopic (exact) mass is 321 g/mol. The summed E-state index contributed by atoms with van der Waals surface area (Å²) in [5.41, 5.74) is 1.42. The fourth-order valence-corrected chi connectivity index (χ4v) is 2.34. The molecule has 0 spiro atoms. The Bertz CT molecular complexity index is 476. The van der Waals surface area contributed by atoms with Crippen LogP contribution in [0.15, 0.2) is 24.3 Å². The molecule has 1 aromatic carbocycles. The molecule has 0 amide bonds. The smallest absolute Gasteiger partial charge is 0.320 e. The van der Waals surface area contributed by atoms with Crippen molar-refractivity contribution in [3.8, 4) is 5.75 Å². The van der Waals surface area contributed by atoms with E-state index in [0.717, 1.165) is 18.6 Å². The van der Waals surface area contributed by atoms with Gasteiger partial charge in [-0.15, -0.1) is 0 Å². The minimum absolute atomic E-state index is 0.123. The topological polar surface area (TPSA) is 58.6 Å². The lowest BCUT2D eigenvalue weighted by molar-refractivity contribution is -0.140. The molecule has 0 radical (unpaired) electrons. The normalized spacial score (nSPS) is 14.3. The second-order valence-electron chi connectivity index (χ2n) is 7.13. The van der Waals surface area contributed by atoms with Gasteiger partial charge in [-0.3, -0.25) is 4.79 Å². The molecule has 0 aromatic heterocycles. The van der Waals surface area contributed by atoms with Crippen LogP contribution >= 0.6 is 0 Å². The SMILES string of the molecule is CC[C@H](C)[C@H](NCCCOc1ccc(C(C)(C)C)cc1)C(=O)O. The van der Waals surface area contributed by atoms with Crippen LogP contribution in [0, 0.1) is 5.92 Å². The highest BCUT2D eigenvalue weighted by Gasteiger charge is 2.22. The number of hydrogen-bond acceptors (Lipinski definition) is 3. The molecule has 4 heteroatoms. The first kappa shape index (κ1) is 19.5. The Morgan fingerprint density at radius 3 is 2.35 bits per heavy atom. The number of hydrogen-bond donors (Lipinski definition) is 2. The number of ether oxygens (including phenoxy) is 1. The molecular formula is C19H31NO3. The molecule has 130 valence electrons. The van der Waals surface area contributed by atoms with Crippen molar-refractivity contribution in [3.63, 3.8) is 0 Å². The first-order valence-corrected chi connectivity index (χ1v) is 8.45. The van der Waals surface area contributed by atoms with E-state index in [-0.39, 0.29) is 11.3 Å². The summed E-state index contributed by atoms with van der Waals surface area (Å²) in [4.78, 5) is 11.2. The summed E-state index contributed by atoms with van der Waals surface area (Å²) in [6.07, 6.45) is 1.63. The van der Waals surface area contributed by atoms with E-state index in [1.807, 2.05) is 26.0 Å². The lowest BCUT2D eigenvalue weighted by Gasteiger charge is -2.20. The Kier molecular flexibility index (Phi) is 7.56. The highest BCUT2D eigenvalue weighted by molar-refractivity contribution is 5.73. The third kappa shape index (κ3) is 6.61. The van der Waals surface area contributed by atoms with Gasteiger partial charge in [0.15, 0.2) is 0 Å². The van der Waals surface area contributed by atoms with Gasteiger partial charge in [0.2, 0.25) is 0 Å². The van der Waals surface area contributed by atoms with E-state index in [2.05, 4.69) is 38.2 Å². The predicted molar refractivity (Wildman–Crippen MR) is 94.1 cm³/mol.